The van der Waals surface area contributed by atoms with E-state index in [2.05, 4.69) is 19.9 Å². The van der Waals surface area contributed by atoms with E-state index in [4.69, 9.17) is 16.0 Å². The Kier molecular flexibility index (Phi) is 3.49. The van der Waals surface area contributed by atoms with Gasteiger partial charge in [-0.3, -0.25) is 0 Å². The average Bonchev–Trinajstić information content (AvgIpc) is 2.63. The van der Waals surface area contributed by atoms with Crippen molar-refractivity contribution < 1.29 is 4.42 Å². The Balaban J connectivity index is 2.26. The Morgan fingerprint density at radius 2 is 2.00 bits per heavy atom. The molecule has 6 nitrogen and oxygen atoms in total. The summed E-state index contributed by atoms with van der Waals surface area (Å²) in [4.78, 5) is 18.1. The van der Waals surface area contributed by atoms with E-state index in [9.17, 15) is 0 Å². The van der Waals surface area contributed by atoms with Gasteiger partial charge < -0.3 is 9.32 Å². The Hall–Kier alpha value is -1.34. The standard InChI is InChI=1S/C9H10ClN5OS/c1-5-4-16-9(11-5)17-8-13-6(10)12-7(14-8)15(2)3/h4H,1-3H3. The van der Waals surface area contributed by atoms with Gasteiger partial charge in [-0.2, -0.15) is 15.0 Å². The summed E-state index contributed by atoms with van der Waals surface area (Å²) in [7, 11) is 3.66. The molecule has 0 bridgehead atoms. The molecule has 0 aliphatic rings. The van der Waals surface area contributed by atoms with E-state index in [0.29, 0.717) is 16.3 Å². The number of nitrogens with zero attached hydrogens (tertiary/aromatic N) is 5. The molecule has 2 rings (SSSR count). The van der Waals surface area contributed by atoms with Gasteiger partial charge in [0.25, 0.3) is 5.22 Å². The molecular weight excluding hydrogens is 262 g/mol. The summed E-state index contributed by atoms with van der Waals surface area (Å²) in [6.07, 6.45) is 1.57. The van der Waals surface area contributed by atoms with Crippen LogP contribution in [0.3, 0.4) is 0 Å². The van der Waals surface area contributed by atoms with E-state index in [1.54, 1.807) is 11.2 Å². The first kappa shape index (κ1) is 12.1. The van der Waals surface area contributed by atoms with Gasteiger partial charge in [-0.15, -0.1) is 0 Å². The molecule has 0 spiro atoms. The lowest BCUT2D eigenvalue weighted by atomic mass is 10.6. The predicted molar refractivity (Wildman–Crippen MR) is 64.5 cm³/mol. The molecule has 90 valence electrons. The van der Waals surface area contributed by atoms with Crippen molar-refractivity contribution in [3.05, 3.63) is 17.2 Å². The van der Waals surface area contributed by atoms with Gasteiger partial charge in [-0.1, -0.05) is 0 Å². The van der Waals surface area contributed by atoms with Gasteiger partial charge in [-0.05, 0) is 18.5 Å². The first-order valence-corrected chi connectivity index (χ1v) is 5.93. The molecule has 0 N–H and O–H groups in total. The van der Waals surface area contributed by atoms with Gasteiger partial charge in [0.15, 0.2) is 0 Å². The molecule has 0 saturated carbocycles. The molecule has 0 amide bonds. The zero-order valence-corrected chi connectivity index (χ0v) is 11.1. The maximum Gasteiger partial charge on any atom is 0.263 e. The van der Waals surface area contributed by atoms with Crippen LogP contribution in [-0.4, -0.2) is 34.0 Å². The van der Waals surface area contributed by atoms with Crippen molar-refractivity contribution in [3.8, 4) is 0 Å². The van der Waals surface area contributed by atoms with Crippen LogP contribution in [0.15, 0.2) is 21.1 Å². The summed E-state index contributed by atoms with van der Waals surface area (Å²) >= 11 is 7.02. The highest BCUT2D eigenvalue weighted by Gasteiger charge is 2.11. The van der Waals surface area contributed by atoms with E-state index < -0.39 is 0 Å². The maximum atomic E-state index is 5.81. The number of hydrogen-bond donors (Lipinski definition) is 0. The third-order valence-corrected chi connectivity index (χ3v) is 2.65. The predicted octanol–water partition coefficient (Wildman–Crippen LogP) is 2.04. The topological polar surface area (TPSA) is 67.9 Å². The van der Waals surface area contributed by atoms with Crippen LogP contribution in [-0.2, 0) is 0 Å². The first-order valence-electron chi connectivity index (χ1n) is 4.73. The number of rotatable bonds is 3. The van der Waals surface area contributed by atoms with E-state index in [-0.39, 0.29) is 5.28 Å². The first-order chi connectivity index (χ1) is 8.04. The second-order valence-electron chi connectivity index (χ2n) is 3.44. The molecule has 0 atom stereocenters. The molecule has 2 aromatic heterocycles. The zero-order chi connectivity index (χ0) is 12.4. The summed E-state index contributed by atoms with van der Waals surface area (Å²) < 4.78 is 5.20. The van der Waals surface area contributed by atoms with Crippen molar-refractivity contribution in [2.24, 2.45) is 0 Å². The molecule has 0 aromatic carbocycles. The second kappa shape index (κ2) is 4.89. The van der Waals surface area contributed by atoms with Crippen LogP contribution < -0.4 is 4.90 Å². The zero-order valence-electron chi connectivity index (χ0n) is 9.51. The maximum absolute atomic E-state index is 5.81. The molecule has 0 aliphatic carbocycles. The lowest BCUT2D eigenvalue weighted by Gasteiger charge is -2.09. The molecule has 2 heterocycles. The third-order valence-electron chi connectivity index (χ3n) is 1.75. The Morgan fingerprint density at radius 1 is 1.24 bits per heavy atom. The molecule has 0 fully saturated rings. The summed E-state index contributed by atoms with van der Waals surface area (Å²) in [5.74, 6) is 0.496. The van der Waals surface area contributed by atoms with Crippen LogP contribution >= 0.6 is 23.4 Å². The third kappa shape index (κ3) is 3.07. The normalized spacial score (nSPS) is 10.6. The smallest absolute Gasteiger partial charge is 0.263 e. The summed E-state index contributed by atoms with van der Waals surface area (Å²) in [6.45, 7) is 1.85. The average molecular weight is 272 g/mol. The molecular formula is C9H10ClN5OS. The van der Waals surface area contributed by atoms with Crippen molar-refractivity contribution >= 4 is 29.3 Å². The molecule has 2 aromatic rings. The molecule has 8 heteroatoms. The SMILES string of the molecule is Cc1coc(Sc2nc(Cl)nc(N(C)C)n2)n1. The fraction of sp³-hybridized carbons (Fsp3) is 0.333. The monoisotopic (exact) mass is 271 g/mol. The van der Waals surface area contributed by atoms with Crippen LogP contribution in [0.2, 0.25) is 5.28 Å². The van der Waals surface area contributed by atoms with Crippen LogP contribution in [0, 0.1) is 6.92 Å². The van der Waals surface area contributed by atoms with E-state index in [0.717, 1.165) is 5.69 Å². The highest BCUT2D eigenvalue weighted by molar-refractivity contribution is 7.98. The lowest BCUT2D eigenvalue weighted by Crippen LogP contribution is -2.13. The fourth-order valence-electron chi connectivity index (χ4n) is 1.02. The highest BCUT2D eigenvalue weighted by atomic mass is 35.5. The highest BCUT2D eigenvalue weighted by Crippen LogP contribution is 2.25. The van der Waals surface area contributed by atoms with Crippen molar-refractivity contribution in [1.29, 1.82) is 0 Å². The van der Waals surface area contributed by atoms with Gasteiger partial charge in [0.2, 0.25) is 16.4 Å². The number of anilines is 1. The van der Waals surface area contributed by atoms with Gasteiger partial charge >= 0.3 is 0 Å². The van der Waals surface area contributed by atoms with Crippen molar-refractivity contribution in [2.45, 2.75) is 17.3 Å². The van der Waals surface area contributed by atoms with Gasteiger partial charge in [0.05, 0.1) is 5.69 Å². The van der Waals surface area contributed by atoms with Crippen molar-refractivity contribution in [1.82, 2.24) is 19.9 Å². The molecule has 0 aliphatic heterocycles. The van der Waals surface area contributed by atoms with E-state index >= 15 is 0 Å². The summed E-state index contributed by atoms with van der Waals surface area (Å²) in [5, 5.41) is 1.08. The summed E-state index contributed by atoms with van der Waals surface area (Å²) in [5.41, 5.74) is 0.806. The summed E-state index contributed by atoms with van der Waals surface area (Å²) in [6, 6.07) is 0. The number of halogens is 1. The molecule has 0 unspecified atom stereocenters. The minimum absolute atomic E-state index is 0.148. The van der Waals surface area contributed by atoms with Crippen molar-refractivity contribution in [3.63, 3.8) is 0 Å². The van der Waals surface area contributed by atoms with Crippen LogP contribution in [0.5, 0.6) is 0 Å². The molecule has 17 heavy (non-hydrogen) atoms. The van der Waals surface area contributed by atoms with E-state index in [1.807, 2.05) is 21.0 Å². The minimum atomic E-state index is 0.148. The number of hydrogen-bond acceptors (Lipinski definition) is 7. The quantitative estimate of drug-likeness (QED) is 0.846. The fourth-order valence-corrected chi connectivity index (χ4v) is 1.93. The van der Waals surface area contributed by atoms with Gasteiger partial charge in [0, 0.05) is 25.9 Å². The molecule has 0 radical (unpaired) electrons. The number of aromatic nitrogens is 4. The minimum Gasteiger partial charge on any atom is -0.439 e. The van der Waals surface area contributed by atoms with Crippen LogP contribution in [0.4, 0.5) is 5.95 Å². The van der Waals surface area contributed by atoms with Gasteiger partial charge in [0.1, 0.15) is 6.26 Å². The van der Waals surface area contributed by atoms with Crippen LogP contribution in [0.25, 0.3) is 0 Å². The largest absolute Gasteiger partial charge is 0.439 e. The van der Waals surface area contributed by atoms with E-state index in [1.165, 1.54) is 11.8 Å². The van der Waals surface area contributed by atoms with Crippen LogP contribution in [0.1, 0.15) is 5.69 Å². The van der Waals surface area contributed by atoms with Gasteiger partial charge in [-0.25, -0.2) is 4.98 Å². The Bertz CT molecular complexity index is 530. The van der Waals surface area contributed by atoms with Crippen molar-refractivity contribution in [2.75, 3.05) is 19.0 Å². The second-order valence-corrected chi connectivity index (χ2v) is 4.69. The Labute approximate surface area is 107 Å². The lowest BCUT2D eigenvalue weighted by molar-refractivity contribution is 0.453. The Morgan fingerprint density at radius 3 is 2.59 bits per heavy atom. The molecule has 0 saturated heterocycles. The number of aryl methyl sites for hydroxylation is 1. The number of oxazole rings is 1.